The van der Waals surface area contributed by atoms with E-state index in [1.54, 1.807) is 0 Å². The predicted molar refractivity (Wildman–Crippen MR) is 60.4 cm³/mol. The van der Waals surface area contributed by atoms with Gasteiger partial charge < -0.3 is 0 Å². The second-order valence-electron chi connectivity index (χ2n) is 3.82. The summed E-state index contributed by atoms with van der Waals surface area (Å²) in [7, 11) is 0. The van der Waals surface area contributed by atoms with Crippen LogP contribution in [0.2, 0.25) is 0 Å². The van der Waals surface area contributed by atoms with Crippen molar-refractivity contribution in [3.05, 3.63) is 35.4 Å². The Morgan fingerprint density at radius 1 is 1.31 bits per heavy atom. The highest BCUT2D eigenvalue weighted by Gasteiger charge is 2.15. The van der Waals surface area contributed by atoms with Crippen LogP contribution in [0, 0.1) is 6.92 Å². The maximum Gasteiger partial charge on any atom is 0.00877 e. The van der Waals surface area contributed by atoms with Crippen LogP contribution in [-0.2, 0) is 6.42 Å². The van der Waals surface area contributed by atoms with Crippen LogP contribution in [0.3, 0.4) is 0 Å². The fraction of sp³-hybridized carbons (Fsp3) is 0.500. The first-order chi connectivity index (χ1) is 6.34. The Bertz CT molecular complexity index is 257. The lowest BCUT2D eigenvalue weighted by Crippen LogP contribution is -2.01. The lowest BCUT2D eigenvalue weighted by molar-refractivity contribution is 0.777. The first kappa shape index (κ1) is 9.14. The molecule has 0 nitrogen and oxygen atoms in total. The highest BCUT2D eigenvalue weighted by Crippen LogP contribution is 2.28. The third-order valence-electron chi connectivity index (χ3n) is 2.61. The smallest absolute Gasteiger partial charge is 0.00877 e. The van der Waals surface area contributed by atoms with E-state index in [-0.39, 0.29) is 0 Å². The van der Waals surface area contributed by atoms with Crippen molar-refractivity contribution < 1.29 is 0 Å². The van der Waals surface area contributed by atoms with E-state index in [4.69, 9.17) is 0 Å². The van der Waals surface area contributed by atoms with Crippen molar-refractivity contribution in [2.24, 2.45) is 0 Å². The summed E-state index contributed by atoms with van der Waals surface area (Å²) >= 11 is 2.14. The maximum absolute atomic E-state index is 2.27. The number of thioether (sulfide) groups is 1. The second kappa shape index (κ2) is 4.19. The highest BCUT2D eigenvalue weighted by atomic mass is 32.2. The molecule has 0 saturated carbocycles. The second-order valence-corrected chi connectivity index (χ2v) is 5.23. The van der Waals surface area contributed by atoms with Crippen molar-refractivity contribution in [3.63, 3.8) is 0 Å². The minimum atomic E-state index is 0.891. The van der Waals surface area contributed by atoms with Gasteiger partial charge >= 0.3 is 0 Å². The molecular weight excluding hydrogens is 176 g/mol. The van der Waals surface area contributed by atoms with Gasteiger partial charge in [0, 0.05) is 5.25 Å². The molecule has 1 saturated heterocycles. The molecule has 0 bridgehead atoms. The lowest BCUT2D eigenvalue weighted by atomic mass is 10.1. The zero-order valence-electron chi connectivity index (χ0n) is 8.12. The highest BCUT2D eigenvalue weighted by molar-refractivity contribution is 8.00. The first-order valence-electron chi connectivity index (χ1n) is 5.02. The molecule has 13 heavy (non-hydrogen) atoms. The lowest BCUT2D eigenvalue weighted by Gasteiger charge is -2.07. The summed E-state index contributed by atoms with van der Waals surface area (Å²) in [6, 6.07) is 8.98. The summed E-state index contributed by atoms with van der Waals surface area (Å²) in [5.74, 6) is 1.37. The van der Waals surface area contributed by atoms with Crippen LogP contribution in [0.25, 0.3) is 0 Å². The monoisotopic (exact) mass is 192 g/mol. The Morgan fingerprint density at radius 3 is 2.69 bits per heavy atom. The minimum Gasteiger partial charge on any atom is -0.158 e. The number of aryl methyl sites for hydroxylation is 1. The fourth-order valence-corrected chi connectivity index (χ4v) is 3.10. The summed E-state index contributed by atoms with van der Waals surface area (Å²) in [4.78, 5) is 0. The van der Waals surface area contributed by atoms with Gasteiger partial charge in [0.15, 0.2) is 0 Å². The van der Waals surface area contributed by atoms with E-state index >= 15 is 0 Å². The van der Waals surface area contributed by atoms with Crippen molar-refractivity contribution >= 4 is 11.8 Å². The quantitative estimate of drug-likeness (QED) is 0.691. The van der Waals surface area contributed by atoms with Gasteiger partial charge in [0.05, 0.1) is 0 Å². The normalized spacial score (nSPS) is 22.1. The molecule has 1 atom stereocenters. The number of hydrogen-bond acceptors (Lipinski definition) is 1. The van der Waals surface area contributed by atoms with Crippen LogP contribution < -0.4 is 0 Å². The van der Waals surface area contributed by atoms with Gasteiger partial charge in [-0.15, -0.1) is 0 Å². The molecule has 1 heterocycles. The zero-order valence-corrected chi connectivity index (χ0v) is 8.94. The molecule has 0 radical (unpaired) electrons. The Kier molecular flexibility index (Phi) is 2.94. The third-order valence-corrected chi connectivity index (χ3v) is 4.01. The van der Waals surface area contributed by atoms with Gasteiger partial charge in [-0.2, -0.15) is 11.8 Å². The molecule has 1 aliphatic rings. The maximum atomic E-state index is 2.27. The SMILES string of the molecule is Cc1ccc(CC2CCCS2)cc1. The molecule has 0 aliphatic carbocycles. The van der Waals surface area contributed by atoms with Crippen LogP contribution in [0.4, 0.5) is 0 Å². The fourth-order valence-electron chi connectivity index (χ4n) is 1.79. The van der Waals surface area contributed by atoms with Crippen LogP contribution in [0.15, 0.2) is 24.3 Å². The van der Waals surface area contributed by atoms with Gasteiger partial charge in [-0.25, -0.2) is 0 Å². The molecule has 0 N–H and O–H groups in total. The number of benzene rings is 1. The van der Waals surface area contributed by atoms with Gasteiger partial charge in [-0.3, -0.25) is 0 Å². The first-order valence-corrected chi connectivity index (χ1v) is 6.06. The molecule has 0 amide bonds. The van der Waals surface area contributed by atoms with Gasteiger partial charge in [-0.1, -0.05) is 29.8 Å². The number of hydrogen-bond donors (Lipinski definition) is 0. The zero-order chi connectivity index (χ0) is 9.10. The Balaban J connectivity index is 1.97. The predicted octanol–water partition coefficient (Wildman–Crippen LogP) is 3.43. The Hall–Kier alpha value is -0.430. The molecule has 1 heteroatoms. The summed E-state index contributed by atoms with van der Waals surface area (Å²) in [5.41, 5.74) is 2.87. The van der Waals surface area contributed by atoms with E-state index < -0.39 is 0 Å². The van der Waals surface area contributed by atoms with Crippen molar-refractivity contribution in [3.8, 4) is 0 Å². The molecule has 0 aromatic heterocycles. The average molecular weight is 192 g/mol. The molecule has 2 rings (SSSR count). The van der Waals surface area contributed by atoms with Crippen molar-refractivity contribution in [1.82, 2.24) is 0 Å². The molecule has 1 unspecified atom stereocenters. The Morgan fingerprint density at radius 2 is 2.08 bits per heavy atom. The van der Waals surface area contributed by atoms with E-state index in [9.17, 15) is 0 Å². The molecule has 70 valence electrons. The van der Waals surface area contributed by atoms with Gasteiger partial charge in [0.2, 0.25) is 0 Å². The van der Waals surface area contributed by atoms with Gasteiger partial charge in [-0.05, 0) is 37.5 Å². The van der Waals surface area contributed by atoms with Crippen LogP contribution in [-0.4, -0.2) is 11.0 Å². The Labute approximate surface area is 84.7 Å². The van der Waals surface area contributed by atoms with E-state index in [1.165, 1.54) is 36.1 Å². The largest absolute Gasteiger partial charge is 0.158 e. The molecule has 1 fully saturated rings. The summed E-state index contributed by atoms with van der Waals surface area (Å²) < 4.78 is 0. The third kappa shape index (κ3) is 2.50. The van der Waals surface area contributed by atoms with Crippen LogP contribution >= 0.6 is 11.8 Å². The van der Waals surface area contributed by atoms with E-state index in [0.29, 0.717) is 0 Å². The minimum absolute atomic E-state index is 0.891. The topological polar surface area (TPSA) is 0 Å². The summed E-state index contributed by atoms with van der Waals surface area (Å²) in [5, 5.41) is 0.891. The van der Waals surface area contributed by atoms with Crippen molar-refractivity contribution in [2.75, 3.05) is 5.75 Å². The van der Waals surface area contributed by atoms with Crippen molar-refractivity contribution in [1.29, 1.82) is 0 Å². The van der Waals surface area contributed by atoms with Crippen molar-refractivity contribution in [2.45, 2.75) is 31.4 Å². The average Bonchev–Trinajstić information content (AvgIpc) is 2.62. The number of rotatable bonds is 2. The van der Waals surface area contributed by atoms with Crippen LogP contribution in [0.1, 0.15) is 24.0 Å². The summed E-state index contributed by atoms with van der Waals surface area (Å²) in [6.45, 7) is 2.15. The van der Waals surface area contributed by atoms with E-state index in [0.717, 1.165) is 5.25 Å². The van der Waals surface area contributed by atoms with Gasteiger partial charge in [0.25, 0.3) is 0 Å². The molecule has 0 spiro atoms. The van der Waals surface area contributed by atoms with Gasteiger partial charge in [0.1, 0.15) is 0 Å². The van der Waals surface area contributed by atoms with Crippen LogP contribution in [0.5, 0.6) is 0 Å². The summed E-state index contributed by atoms with van der Waals surface area (Å²) in [6.07, 6.45) is 4.10. The van der Waals surface area contributed by atoms with E-state index in [2.05, 4.69) is 43.0 Å². The molecule has 1 aliphatic heterocycles. The molecular formula is C12H16S. The standard InChI is InChI=1S/C12H16S/c1-10-4-6-11(7-5-10)9-12-3-2-8-13-12/h4-7,12H,2-3,8-9H2,1H3. The molecule has 1 aromatic carbocycles. The molecule has 1 aromatic rings. The van der Waals surface area contributed by atoms with E-state index in [1.807, 2.05) is 0 Å².